The minimum atomic E-state index is 0.0352. The summed E-state index contributed by atoms with van der Waals surface area (Å²) in [5, 5.41) is 4.12. The Morgan fingerprint density at radius 1 is 1.42 bits per heavy atom. The molecule has 2 fully saturated rings. The maximum Gasteiger partial charge on any atom is 0.270 e. The minimum absolute atomic E-state index is 0.0352. The second kappa shape index (κ2) is 6.05. The Balaban J connectivity index is 1.54. The van der Waals surface area contributed by atoms with Gasteiger partial charge < -0.3 is 18.7 Å². The molecule has 0 radical (unpaired) electrons. The third-order valence-electron chi connectivity index (χ3n) is 4.99. The van der Waals surface area contributed by atoms with E-state index < -0.39 is 0 Å². The van der Waals surface area contributed by atoms with Crippen molar-refractivity contribution >= 4 is 5.91 Å². The van der Waals surface area contributed by atoms with Gasteiger partial charge in [-0.05, 0) is 25.0 Å². The van der Waals surface area contributed by atoms with Gasteiger partial charge in [0.05, 0.1) is 12.5 Å². The summed E-state index contributed by atoms with van der Waals surface area (Å²) in [5.41, 5.74) is 0.691. The highest BCUT2D eigenvalue weighted by atomic mass is 16.5. The number of rotatable bonds is 5. The Morgan fingerprint density at radius 2 is 2.25 bits per heavy atom. The number of ether oxygens (including phenoxy) is 1. The first-order valence-electron chi connectivity index (χ1n) is 8.40. The fraction of sp³-hybridized carbons (Fsp3) is 0.588. The predicted molar refractivity (Wildman–Crippen MR) is 85.7 cm³/mol. The van der Waals surface area contributed by atoms with E-state index in [9.17, 15) is 4.79 Å². The number of carbonyl (C=O) groups excluding carboxylic acids is 1. The summed E-state index contributed by atoms with van der Waals surface area (Å²) in [6.45, 7) is 1.80. The van der Waals surface area contributed by atoms with E-state index in [0.29, 0.717) is 37.2 Å². The highest BCUT2D eigenvalue weighted by molar-refractivity contribution is 5.93. The van der Waals surface area contributed by atoms with Gasteiger partial charge >= 0.3 is 0 Å². The lowest BCUT2D eigenvalue weighted by Crippen LogP contribution is -2.30. The zero-order valence-corrected chi connectivity index (χ0v) is 14.0. The van der Waals surface area contributed by atoms with Crippen molar-refractivity contribution in [3.63, 3.8) is 0 Å². The number of likely N-dealkylation sites (tertiary alicyclic amines) is 1. The Labute approximate surface area is 140 Å². The molecule has 3 heterocycles. The maximum absolute atomic E-state index is 12.8. The third-order valence-corrected chi connectivity index (χ3v) is 4.99. The van der Waals surface area contributed by atoms with Crippen molar-refractivity contribution in [1.29, 1.82) is 0 Å². The zero-order chi connectivity index (χ0) is 16.7. The molecule has 128 valence electrons. The molecule has 1 amide bonds. The van der Waals surface area contributed by atoms with E-state index in [0.717, 1.165) is 18.7 Å². The maximum atomic E-state index is 12.8. The molecule has 24 heavy (non-hydrogen) atoms. The highest BCUT2D eigenvalue weighted by Crippen LogP contribution is 2.40. The molecular formula is C17H22N4O3. The van der Waals surface area contributed by atoms with Crippen molar-refractivity contribution in [2.45, 2.75) is 24.7 Å². The largest absolute Gasteiger partial charge is 0.384 e. The van der Waals surface area contributed by atoms with Crippen molar-refractivity contribution in [3.05, 3.63) is 35.7 Å². The molecule has 2 aromatic heterocycles. The van der Waals surface area contributed by atoms with E-state index in [1.165, 1.54) is 0 Å². The van der Waals surface area contributed by atoms with E-state index >= 15 is 0 Å². The van der Waals surface area contributed by atoms with Crippen molar-refractivity contribution in [3.8, 4) is 0 Å². The van der Waals surface area contributed by atoms with E-state index in [4.69, 9.17) is 9.26 Å². The molecule has 1 saturated carbocycles. The van der Waals surface area contributed by atoms with E-state index in [1.54, 1.807) is 7.11 Å². The van der Waals surface area contributed by atoms with Crippen LogP contribution < -0.4 is 0 Å². The Morgan fingerprint density at radius 3 is 2.92 bits per heavy atom. The molecule has 7 heteroatoms. The van der Waals surface area contributed by atoms with E-state index in [2.05, 4.69) is 10.1 Å². The summed E-state index contributed by atoms with van der Waals surface area (Å²) in [7, 11) is 3.57. The minimum Gasteiger partial charge on any atom is -0.384 e. The second-order valence-electron chi connectivity index (χ2n) is 6.80. The van der Waals surface area contributed by atoms with Gasteiger partial charge in [0.15, 0.2) is 5.82 Å². The van der Waals surface area contributed by atoms with Gasteiger partial charge in [0.2, 0.25) is 5.89 Å². The second-order valence-corrected chi connectivity index (χ2v) is 6.80. The van der Waals surface area contributed by atoms with E-state index in [-0.39, 0.29) is 17.7 Å². The first-order valence-corrected chi connectivity index (χ1v) is 8.40. The van der Waals surface area contributed by atoms with Gasteiger partial charge in [-0.25, -0.2) is 0 Å². The smallest absolute Gasteiger partial charge is 0.270 e. The molecule has 0 bridgehead atoms. The number of aryl methyl sites for hydroxylation is 1. The van der Waals surface area contributed by atoms with Gasteiger partial charge in [-0.1, -0.05) is 5.16 Å². The van der Waals surface area contributed by atoms with Gasteiger partial charge in [-0.3, -0.25) is 4.79 Å². The van der Waals surface area contributed by atoms with Gasteiger partial charge in [0, 0.05) is 45.3 Å². The van der Waals surface area contributed by atoms with Crippen LogP contribution in [0, 0.1) is 5.92 Å². The fourth-order valence-electron chi connectivity index (χ4n) is 3.45. The highest BCUT2D eigenvalue weighted by Gasteiger charge is 2.41. The molecule has 4 rings (SSSR count). The van der Waals surface area contributed by atoms with Crippen LogP contribution in [0.15, 0.2) is 22.9 Å². The van der Waals surface area contributed by atoms with Gasteiger partial charge in [0.1, 0.15) is 5.69 Å². The monoisotopic (exact) mass is 330 g/mol. The molecule has 0 aromatic carbocycles. The molecule has 0 spiro atoms. The average Bonchev–Trinajstić information content (AvgIpc) is 2.99. The number of nitrogens with zero attached hydrogens (tertiary/aromatic N) is 4. The van der Waals surface area contributed by atoms with Gasteiger partial charge in [-0.2, -0.15) is 4.98 Å². The lowest BCUT2D eigenvalue weighted by molar-refractivity contribution is 0.0766. The van der Waals surface area contributed by atoms with Gasteiger partial charge in [-0.15, -0.1) is 0 Å². The lowest BCUT2D eigenvalue weighted by atomic mass is 9.97. The molecule has 1 aliphatic heterocycles. The quantitative estimate of drug-likeness (QED) is 0.835. The molecule has 2 aliphatic rings. The van der Waals surface area contributed by atoms with Crippen molar-refractivity contribution in [2.75, 3.05) is 26.8 Å². The lowest BCUT2D eigenvalue weighted by Gasteiger charge is -2.16. The molecule has 7 nitrogen and oxygen atoms in total. The van der Waals surface area contributed by atoms with Crippen LogP contribution in [0.1, 0.15) is 46.9 Å². The SMILES string of the molecule is COC[C@@H]1CN(C(=O)c2cccn2C)C[C@H]1c1nc(C2CC2)no1. The van der Waals surface area contributed by atoms with Crippen molar-refractivity contribution in [2.24, 2.45) is 13.0 Å². The number of hydrogen-bond acceptors (Lipinski definition) is 5. The normalized spacial score (nSPS) is 23.8. The molecule has 2 aromatic rings. The third kappa shape index (κ3) is 2.73. The summed E-state index contributed by atoms with van der Waals surface area (Å²) in [4.78, 5) is 19.2. The van der Waals surface area contributed by atoms with Gasteiger partial charge in [0.25, 0.3) is 5.91 Å². The molecule has 1 aliphatic carbocycles. The van der Waals surface area contributed by atoms with Crippen LogP contribution in [-0.4, -0.2) is 52.3 Å². The Hall–Kier alpha value is -2.15. The number of amides is 1. The first kappa shape index (κ1) is 15.4. The Kier molecular flexibility index (Phi) is 3.88. The summed E-state index contributed by atoms with van der Waals surface area (Å²) in [5.74, 6) is 2.16. The first-order chi connectivity index (χ1) is 11.7. The number of methoxy groups -OCH3 is 1. The molecule has 0 unspecified atom stereocenters. The standard InChI is InChI=1S/C17H22N4O3/c1-20-7-3-4-14(20)17(22)21-8-12(10-23-2)13(9-21)16-18-15(19-24-16)11-5-6-11/h3-4,7,11-13H,5-6,8-10H2,1-2H3/t12-,13+/m0/s1. The summed E-state index contributed by atoms with van der Waals surface area (Å²) in [6, 6.07) is 3.73. The fourth-order valence-corrected chi connectivity index (χ4v) is 3.45. The summed E-state index contributed by atoms with van der Waals surface area (Å²) in [6.07, 6.45) is 4.17. The summed E-state index contributed by atoms with van der Waals surface area (Å²) < 4.78 is 12.7. The Bertz CT molecular complexity index is 734. The van der Waals surface area contributed by atoms with Crippen LogP contribution in [0.4, 0.5) is 0 Å². The van der Waals surface area contributed by atoms with E-state index in [1.807, 2.05) is 34.8 Å². The number of aromatic nitrogens is 3. The van der Waals surface area contributed by atoms with Crippen LogP contribution in [0.5, 0.6) is 0 Å². The van der Waals surface area contributed by atoms with Crippen molar-refractivity contribution < 1.29 is 14.1 Å². The topological polar surface area (TPSA) is 73.4 Å². The molecular weight excluding hydrogens is 308 g/mol. The molecule has 2 atom stereocenters. The number of carbonyl (C=O) groups is 1. The molecule has 1 saturated heterocycles. The predicted octanol–water partition coefficient (Wildman–Crippen LogP) is 1.79. The summed E-state index contributed by atoms with van der Waals surface area (Å²) >= 11 is 0. The average molecular weight is 330 g/mol. The molecule has 0 N–H and O–H groups in total. The van der Waals surface area contributed by atoms with Crippen LogP contribution in [0.3, 0.4) is 0 Å². The zero-order valence-electron chi connectivity index (χ0n) is 14.0. The van der Waals surface area contributed by atoms with Crippen LogP contribution in [-0.2, 0) is 11.8 Å². The number of hydrogen-bond donors (Lipinski definition) is 0. The van der Waals surface area contributed by atoms with Crippen molar-refractivity contribution in [1.82, 2.24) is 19.6 Å². The van der Waals surface area contributed by atoms with Crippen LogP contribution in [0.25, 0.3) is 0 Å². The van der Waals surface area contributed by atoms with Crippen LogP contribution >= 0.6 is 0 Å². The van der Waals surface area contributed by atoms with Crippen LogP contribution in [0.2, 0.25) is 0 Å².